The van der Waals surface area contributed by atoms with Crippen LogP contribution >= 0.6 is 0 Å². The highest BCUT2D eigenvalue weighted by atomic mass is 16.5. The Labute approximate surface area is 208 Å². The number of benzene rings is 3. The number of aryl methyl sites for hydroxylation is 1. The second kappa shape index (κ2) is 11.1. The van der Waals surface area contributed by atoms with Crippen molar-refractivity contribution in [1.29, 1.82) is 0 Å². The number of nitrogens with zero attached hydrogens (tertiary/aromatic N) is 1. The standard InChI is InChI=1S/C28H25N3O5/c1-18(20-11-5-3-6-12-20)29-26(33)22-15-9-10-16-23(22)30-24(32)17-35-28(34)25-19(2)36-27(31-25)21-13-7-4-8-14-21/h3-16,18H,17H2,1-2H3,(H,29,33)(H,30,32)/t18-/m1/s1. The minimum atomic E-state index is -0.781. The van der Waals surface area contributed by atoms with Crippen LogP contribution < -0.4 is 10.6 Å². The van der Waals surface area contributed by atoms with Gasteiger partial charge in [0.25, 0.3) is 11.8 Å². The van der Waals surface area contributed by atoms with Gasteiger partial charge in [-0.25, -0.2) is 9.78 Å². The lowest BCUT2D eigenvalue weighted by atomic mass is 10.1. The first-order valence-electron chi connectivity index (χ1n) is 11.4. The molecule has 0 bridgehead atoms. The molecule has 0 saturated heterocycles. The van der Waals surface area contributed by atoms with Crippen LogP contribution in [0.3, 0.4) is 0 Å². The number of para-hydroxylation sites is 1. The number of rotatable bonds is 8. The first-order valence-corrected chi connectivity index (χ1v) is 11.4. The number of carbonyl (C=O) groups excluding carboxylic acids is 3. The highest BCUT2D eigenvalue weighted by molar-refractivity contribution is 6.04. The summed E-state index contributed by atoms with van der Waals surface area (Å²) in [5, 5.41) is 5.56. The van der Waals surface area contributed by atoms with Gasteiger partial charge in [0, 0.05) is 5.56 Å². The molecule has 1 atom stereocenters. The van der Waals surface area contributed by atoms with E-state index in [1.807, 2.05) is 67.6 Å². The van der Waals surface area contributed by atoms with Gasteiger partial charge < -0.3 is 19.8 Å². The number of amides is 2. The van der Waals surface area contributed by atoms with Crippen molar-refractivity contribution in [2.45, 2.75) is 19.9 Å². The smallest absolute Gasteiger partial charge is 0.361 e. The number of carbonyl (C=O) groups is 3. The molecule has 0 unspecified atom stereocenters. The molecule has 2 N–H and O–H groups in total. The molecule has 0 fully saturated rings. The molecule has 4 rings (SSSR count). The number of oxazole rings is 1. The Morgan fingerprint density at radius 3 is 2.28 bits per heavy atom. The third-order valence-corrected chi connectivity index (χ3v) is 5.44. The van der Waals surface area contributed by atoms with Crippen molar-refractivity contribution in [3.05, 3.63) is 108 Å². The first kappa shape index (κ1) is 24.4. The largest absolute Gasteiger partial charge is 0.451 e. The maximum atomic E-state index is 12.9. The number of aromatic nitrogens is 1. The lowest BCUT2D eigenvalue weighted by Gasteiger charge is -2.16. The van der Waals surface area contributed by atoms with Crippen LogP contribution in [0.1, 0.15) is 45.1 Å². The average Bonchev–Trinajstić information content (AvgIpc) is 3.30. The average molecular weight is 484 g/mol. The van der Waals surface area contributed by atoms with Gasteiger partial charge in [-0.05, 0) is 43.7 Å². The summed E-state index contributed by atoms with van der Waals surface area (Å²) < 4.78 is 10.7. The molecule has 0 saturated carbocycles. The molecular formula is C28H25N3O5. The highest BCUT2D eigenvalue weighted by Crippen LogP contribution is 2.22. The van der Waals surface area contributed by atoms with Gasteiger partial charge in [-0.1, -0.05) is 60.7 Å². The van der Waals surface area contributed by atoms with Crippen LogP contribution in [0.5, 0.6) is 0 Å². The topological polar surface area (TPSA) is 111 Å². The van der Waals surface area contributed by atoms with Gasteiger partial charge in [-0.2, -0.15) is 0 Å². The van der Waals surface area contributed by atoms with E-state index in [-0.39, 0.29) is 29.3 Å². The summed E-state index contributed by atoms with van der Waals surface area (Å²) >= 11 is 0. The van der Waals surface area contributed by atoms with Crippen LogP contribution in [0.4, 0.5) is 5.69 Å². The molecule has 0 aliphatic rings. The molecular weight excluding hydrogens is 458 g/mol. The Bertz CT molecular complexity index is 1370. The van der Waals surface area contributed by atoms with Crippen molar-refractivity contribution in [3.63, 3.8) is 0 Å². The van der Waals surface area contributed by atoms with Gasteiger partial charge in [0.2, 0.25) is 5.89 Å². The summed E-state index contributed by atoms with van der Waals surface area (Å²) in [6.07, 6.45) is 0. The maximum absolute atomic E-state index is 12.9. The predicted octanol–water partition coefficient (Wildman–Crippen LogP) is 4.94. The minimum Gasteiger partial charge on any atom is -0.451 e. The monoisotopic (exact) mass is 483 g/mol. The zero-order valence-electron chi connectivity index (χ0n) is 19.9. The molecule has 182 valence electrons. The summed E-state index contributed by atoms with van der Waals surface area (Å²) in [5.41, 5.74) is 2.27. The second-order valence-corrected chi connectivity index (χ2v) is 8.07. The summed E-state index contributed by atoms with van der Waals surface area (Å²) in [5.74, 6) is -1.14. The molecule has 8 heteroatoms. The molecule has 36 heavy (non-hydrogen) atoms. The van der Waals surface area contributed by atoms with Gasteiger partial charge in [-0.3, -0.25) is 9.59 Å². The first-order chi connectivity index (χ1) is 17.4. The second-order valence-electron chi connectivity index (χ2n) is 8.07. The lowest BCUT2D eigenvalue weighted by Crippen LogP contribution is -2.28. The number of nitrogens with one attached hydrogen (secondary N) is 2. The predicted molar refractivity (Wildman–Crippen MR) is 134 cm³/mol. The number of anilines is 1. The van der Waals surface area contributed by atoms with Gasteiger partial charge in [0.05, 0.1) is 17.3 Å². The Hall–Kier alpha value is -4.72. The van der Waals surface area contributed by atoms with Crippen molar-refractivity contribution in [3.8, 4) is 11.5 Å². The van der Waals surface area contributed by atoms with Crippen LogP contribution in [0.2, 0.25) is 0 Å². The molecule has 8 nitrogen and oxygen atoms in total. The molecule has 0 aliphatic carbocycles. The zero-order chi connectivity index (χ0) is 25.5. The molecule has 3 aromatic carbocycles. The number of esters is 1. The molecule has 4 aromatic rings. The quantitative estimate of drug-likeness (QED) is 0.344. The van der Waals surface area contributed by atoms with E-state index in [1.165, 1.54) is 0 Å². The SMILES string of the molecule is Cc1oc(-c2ccccc2)nc1C(=O)OCC(=O)Nc1ccccc1C(=O)N[C@H](C)c1ccccc1. The Morgan fingerprint density at radius 2 is 1.56 bits per heavy atom. The normalized spacial score (nSPS) is 11.4. The van der Waals surface area contributed by atoms with E-state index in [2.05, 4.69) is 15.6 Å². The number of ether oxygens (including phenoxy) is 1. The van der Waals surface area contributed by atoms with E-state index in [0.29, 0.717) is 16.8 Å². The molecule has 2 amide bonds. The number of hydrogen-bond donors (Lipinski definition) is 2. The van der Waals surface area contributed by atoms with Gasteiger partial charge >= 0.3 is 5.97 Å². The van der Waals surface area contributed by atoms with E-state index in [9.17, 15) is 14.4 Å². The molecule has 0 spiro atoms. The minimum absolute atomic E-state index is 0.00340. The highest BCUT2D eigenvalue weighted by Gasteiger charge is 2.21. The summed E-state index contributed by atoms with van der Waals surface area (Å²) in [6, 6.07) is 25.1. The lowest BCUT2D eigenvalue weighted by molar-refractivity contribution is -0.119. The fourth-order valence-electron chi connectivity index (χ4n) is 3.57. The van der Waals surface area contributed by atoms with E-state index in [1.54, 1.807) is 31.2 Å². The molecule has 1 heterocycles. The summed E-state index contributed by atoms with van der Waals surface area (Å²) in [7, 11) is 0. The van der Waals surface area contributed by atoms with Gasteiger partial charge in [0.1, 0.15) is 5.76 Å². The van der Waals surface area contributed by atoms with E-state index < -0.39 is 18.5 Å². The van der Waals surface area contributed by atoms with Crippen molar-refractivity contribution in [1.82, 2.24) is 10.3 Å². The third kappa shape index (κ3) is 5.85. The maximum Gasteiger partial charge on any atom is 0.361 e. The molecule has 0 aliphatic heterocycles. The summed E-state index contributed by atoms with van der Waals surface area (Å²) in [6.45, 7) is 2.92. The van der Waals surface area contributed by atoms with Crippen LogP contribution in [0.25, 0.3) is 11.5 Å². The fraction of sp³-hybridized carbons (Fsp3) is 0.143. The molecule has 1 aromatic heterocycles. The summed E-state index contributed by atoms with van der Waals surface area (Å²) in [4.78, 5) is 42.1. The Morgan fingerprint density at radius 1 is 0.917 bits per heavy atom. The van der Waals surface area contributed by atoms with E-state index in [0.717, 1.165) is 5.56 Å². The van der Waals surface area contributed by atoms with Gasteiger partial charge in [0.15, 0.2) is 12.3 Å². The Kier molecular flexibility index (Phi) is 7.55. The van der Waals surface area contributed by atoms with E-state index >= 15 is 0 Å². The third-order valence-electron chi connectivity index (χ3n) is 5.44. The van der Waals surface area contributed by atoms with Crippen LogP contribution in [-0.2, 0) is 9.53 Å². The fourth-order valence-corrected chi connectivity index (χ4v) is 3.57. The molecule has 0 radical (unpaired) electrons. The van der Waals surface area contributed by atoms with E-state index in [4.69, 9.17) is 9.15 Å². The van der Waals surface area contributed by atoms with Crippen molar-refractivity contribution in [2.75, 3.05) is 11.9 Å². The number of hydrogen-bond acceptors (Lipinski definition) is 6. The van der Waals surface area contributed by atoms with Crippen LogP contribution in [0.15, 0.2) is 89.3 Å². The Balaban J connectivity index is 1.37. The van der Waals surface area contributed by atoms with Crippen LogP contribution in [-0.4, -0.2) is 29.4 Å². The van der Waals surface area contributed by atoms with Crippen LogP contribution in [0, 0.1) is 6.92 Å². The van der Waals surface area contributed by atoms with Gasteiger partial charge in [-0.15, -0.1) is 0 Å². The van der Waals surface area contributed by atoms with Crippen molar-refractivity contribution in [2.24, 2.45) is 0 Å². The van der Waals surface area contributed by atoms with Crippen molar-refractivity contribution < 1.29 is 23.5 Å². The van der Waals surface area contributed by atoms with Crippen molar-refractivity contribution >= 4 is 23.5 Å². The zero-order valence-corrected chi connectivity index (χ0v) is 19.9.